The molecule has 1 aromatic heterocycles. The number of carbonyl (C=O) groups excluding carboxylic acids is 1. The van der Waals surface area contributed by atoms with Gasteiger partial charge in [0.1, 0.15) is 5.82 Å². The second kappa shape index (κ2) is 5.83. The maximum Gasteiger partial charge on any atom is 0.376 e. The average Bonchev–Trinajstić information content (AvgIpc) is 2.57. The first kappa shape index (κ1) is 15.2. The summed E-state index contributed by atoms with van der Waals surface area (Å²) >= 11 is 0. The number of esters is 1. The van der Waals surface area contributed by atoms with Crippen LogP contribution in [-0.2, 0) is 9.47 Å². The van der Waals surface area contributed by atoms with E-state index in [4.69, 9.17) is 9.47 Å². The van der Waals surface area contributed by atoms with Gasteiger partial charge in [-0.1, -0.05) is 0 Å². The van der Waals surface area contributed by atoms with E-state index in [-0.39, 0.29) is 17.0 Å². The van der Waals surface area contributed by atoms with Gasteiger partial charge in [-0.2, -0.15) is 0 Å². The van der Waals surface area contributed by atoms with Gasteiger partial charge in [0.15, 0.2) is 0 Å². The fourth-order valence-corrected chi connectivity index (χ4v) is 3.64. The minimum absolute atomic E-state index is 0.0700. The maximum absolute atomic E-state index is 11.7. The molecule has 6 nitrogen and oxygen atoms in total. The lowest BCUT2D eigenvalue weighted by Crippen LogP contribution is -2.54. The fraction of sp³-hybridized carbons (Fsp3) is 0.688. The molecule has 0 unspecified atom stereocenters. The van der Waals surface area contributed by atoms with Gasteiger partial charge < -0.3 is 14.8 Å². The van der Waals surface area contributed by atoms with Crippen molar-refractivity contribution in [3.8, 4) is 0 Å². The summed E-state index contributed by atoms with van der Waals surface area (Å²) in [6.45, 7) is 2.09. The molecular weight excluding hydrogens is 282 g/mol. The number of nitrogens with one attached hydrogen (secondary N) is 1. The minimum Gasteiger partial charge on any atom is -0.460 e. The molecule has 0 radical (unpaired) electrons. The van der Waals surface area contributed by atoms with Gasteiger partial charge >= 0.3 is 5.97 Å². The number of hydrogen-bond acceptors (Lipinski definition) is 6. The summed E-state index contributed by atoms with van der Waals surface area (Å²) in [6, 6.07) is 1.81. The van der Waals surface area contributed by atoms with E-state index in [1.54, 1.807) is 13.1 Å². The third kappa shape index (κ3) is 2.79. The van der Waals surface area contributed by atoms with Crippen molar-refractivity contribution in [2.45, 2.75) is 56.6 Å². The number of carbonyl (C=O) groups is 1. The number of aromatic nitrogens is 2. The third-order valence-corrected chi connectivity index (χ3v) is 5.12. The van der Waals surface area contributed by atoms with Crippen LogP contribution in [0.3, 0.4) is 0 Å². The quantitative estimate of drug-likeness (QED) is 0.843. The molecule has 1 heterocycles. The monoisotopic (exact) mass is 305 g/mol. The van der Waals surface area contributed by atoms with Crippen LogP contribution >= 0.6 is 0 Å². The smallest absolute Gasteiger partial charge is 0.376 e. The maximum atomic E-state index is 11.7. The molecule has 3 aliphatic rings. The Morgan fingerprint density at radius 1 is 1.27 bits per heavy atom. The number of fused-ring (bicyclic) bond motifs is 3. The molecule has 22 heavy (non-hydrogen) atoms. The van der Waals surface area contributed by atoms with E-state index in [1.165, 1.54) is 0 Å². The number of rotatable bonds is 5. The molecule has 3 fully saturated rings. The standard InChI is InChI=1S/C16H23N3O3/c1-3-22-14(20)13-17-11-4-12(18-13)19-15-5-8-16(21-2,9-6-15)10-7-15/h4,11H,3,5-10H2,1-2H3,(H,17,18,19). The largest absolute Gasteiger partial charge is 0.460 e. The predicted molar refractivity (Wildman–Crippen MR) is 81.8 cm³/mol. The van der Waals surface area contributed by atoms with E-state index in [0.29, 0.717) is 12.4 Å². The second-order valence-electron chi connectivity index (χ2n) is 6.28. The molecule has 2 bridgehead atoms. The second-order valence-corrected chi connectivity index (χ2v) is 6.28. The van der Waals surface area contributed by atoms with E-state index in [9.17, 15) is 4.79 Å². The van der Waals surface area contributed by atoms with Gasteiger partial charge in [0.2, 0.25) is 5.82 Å². The highest BCUT2D eigenvalue weighted by molar-refractivity contribution is 5.85. The van der Waals surface area contributed by atoms with Crippen LogP contribution in [0.25, 0.3) is 0 Å². The van der Waals surface area contributed by atoms with Crippen molar-refractivity contribution in [1.29, 1.82) is 0 Å². The molecule has 0 aliphatic heterocycles. The molecule has 1 aromatic rings. The lowest BCUT2D eigenvalue weighted by atomic mass is 9.63. The first-order valence-electron chi connectivity index (χ1n) is 7.94. The minimum atomic E-state index is -0.477. The molecule has 1 N–H and O–H groups in total. The summed E-state index contributed by atoms with van der Waals surface area (Å²) in [5, 5.41) is 3.55. The molecule has 3 saturated carbocycles. The summed E-state index contributed by atoms with van der Waals surface area (Å²) in [4.78, 5) is 20.0. The van der Waals surface area contributed by atoms with Crippen LogP contribution in [0.5, 0.6) is 0 Å². The van der Waals surface area contributed by atoms with Crippen LogP contribution in [0.4, 0.5) is 5.82 Å². The molecular formula is C16H23N3O3. The summed E-state index contributed by atoms with van der Waals surface area (Å²) < 4.78 is 10.7. The van der Waals surface area contributed by atoms with Crippen molar-refractivity contribution in [1.82, 2.24) is 9.97 Å². The van der Waals surface area contributed by atoms with Crippen molar-refractivity contribution in [3.63, 3.8) is 0 Å². The van der Waals surface area contributed by atoms with Gasteiger partial charge in [0, 0.05) is 18.8 Å². The van der Waals surface area contributed by atoms with Crippen molar-refractivity contribution >= 4 is 11.8 Å². The Kier molecular flexibility index (Phi) is 4.04. The van der Waals surface area contributed by atoms with Crippen LogP contribution in [0.2, 0.25) is 0 Å². The SMILES string of the molecule is CCOC(=O)c1nccc(NC23CCC(OC)(CC2)CC3)n1. The molecule has 0 aromatic carbocycles. The Labute approximate surface area is 130 Å². The van der Waals surface area contributed by atoms with Gasteiger partial charge in [0.25, 0.3) is 0 Å². The van der Waals surface area contributed by atoms with Gasteiger partial charge in [-0.15, -0.1) is 0 Å². The van der Waals surface area contributed by atoms with E-state index >= 15 is 0 Å². The topological polar surface area (TPSA) is 73.3 Å². The third-order valence-electron chi connectivity index (χ3n) is 5.12. The normalized spacial score (nSPS) is 30.1. The highest BCUT2D eigenvalue weighted by Gasteiger charge is 2.49. The Morgan fingerprint density at radius 3 is 2.55 bits per heavy atom. The van der Waals surface area contributed by atoms with Crippen LogP contribution in [-0.4, -0.2) is 40.8 Å². The molecule has 0 spiro atoms. The van der Waals surface area contributed by atoms with Crippen LogP contribution in [0, 0.1) is 0 Å². The molecule has 0 amide bonds. The van der Waals surface area contributed by atoms with E-state index in [0.717, 1.165) is 38.5 Å². The number of ether oxygens (including phenoxy) is 2. The molecule has 120 valence electrons. The predicted octanol–water partition coefficient (Wildman–Crippen LogP) is 2.56. The molecule has 3 aliphatic carbocycles. The average molecular weight is 305 g/mol. The number of nitrogens with zero attached hydrogens (tertiary/aromatic N) is 2. The summed E-state index contributed by atoms with van der Waals surface area (Å²) in [5.74, 6) is 0.334. The molecule has 0 saturated heterocycles. The first-order chi connectivity index (χ1) is 10.6. The lowest BCUT2D eigenvalue weighted by molar-refractivity contribution is -0.0890. The van der Waals surface area contributed by atoms with E-state index in [2.05, 4.69) is 15.3 Å². The van der Waals surface area contributed by atoms with Gasteiger partial charge in [-0.05, 0) is 51.5 Å². The molecule has 4 rings (SSSR count). The molecule has 6 heteroatoms. The van der Waals surface area contributed by atoms with Crippen molar-refractivity contribution < 1.29 is 14.3 Å². The van der Waals surface area contributed by atoms with Gasteiger partial charge in [-0.3, -0.25) is 0 Å². The molecule has 0 atom stereocenters. The highest BCUT2D eigenvalue weighted by atomic mass is 16.5. The Morgan fingerprint density at radius 2 is 1.95 bits per heavy atom. The van der Waals surface area contributed by atoms with Gasteiger partial charge in [0.05, 0.1) is 12.2 Å². The van der Waals surface area contributed by atoms with E-state index < -0.39 is 5.97 Å². The Hall–Kier alpha value is -1.69. The van der Waals surface area contributed by atoms with Crippen molar-refractivity contribution in [2.24, 2.45) is 0 Å². The summed E-state index contributed by atoms with van der Waals surface area (Å²) in [7, 11) is 1.82. The fourth-order valence-electron chi connectivity index (χ4n) is 3.64. The first-order valence-corrected chi connectivity index (χ1v) is 7.94. The number of hydrogen-bond donors (Lipinski definition) is 1. The Balaban J connectivity index is 1.72. The zero-order valence-electron chi connectivity index (χ0n) is 13.2. The van der Waals surface area contributed by atoms with Crippen LogP contribution in [0.15, 0.2) is 12.3 Å². The van der Waals surface area contributed by atoms with Gasteiger partial charge in [-0.25, -0.2) is 14.8 Å². The van der Waals surface area contributed by atoms with Crippen LogP contribution < -0.4 is 5.32 Å². The zero-order chi connectivity index (χ0) is 15.6. The summed E-state index contributed by atoms with van der Waals surface area (Å²) in [5.41, 5.74) is 0.158. The number of anilines is 1. The van der Waals surface area contributed by atoms with Crippen LogP contribution in [0.1, 0.15) is 56.1 Å². The Bertz CT molecular complexity index is 537. The zero-order valence-corrected chi connectivity index (χ0v) is 13.2. The summed E-state index contributed by atoms with van der Waals surface area (Å²) in [6.07, 6.45) is 8.03. The van der Waals surface area contributed by atoms with Crippen molar-refractivity contribution in [3.05, 3.63) is 18.1 Å². The number of methoxy groups -OCH3 is 1. The van der Waals surface area contributed by atoms with E-state index in [1.807, 2.05) is 13.2 Å². The van der Waals surface area contributed by atoms with Crippen molar-refractivity contribution in [2.75, 3.05) is 19.0 Å². The highest BCUT2D eigenvalue weighted by Crippen LogP contribution is 2.49. The lowest BCUT2D eigenvalue weighted by Gasteiger charge is -2.53.